The van der Waals surface area contributed by atoms with Crippen LogP contribution in [0.25, 0.3) is 0 Å². The van der Waals surface area contributed by atoms with Crippen LogP contribution in [0.15, 0.2) is 0 Å². The van der Waals surface area contributed by atoms with Gasteiger partial charge in [0.15, 0.2) is 0 Å². The first-order valence-electron chi connectivity index (χ1n) is 6.67. The summed E-state index contributed by atoms with van der Waals surface area (Å²) < 4.78 is 5.42. The molecule has 0 aromatic rings. The van der Waals surface area contributed by atoms with E-state index in [-0.39, 0.29) is 11.8 Å². The van der Waals surface area contributed by atoms with Crippen LogP contribution in [-0.2, 0) is 9.53 Å². The van der Waals surface area contributed by atoms with Gasteiger partial charge < -0.3 is 15.8 Å². The molecule has 4 heteroatoms. The Morgan fingerprint density at radius 1 is 1.29 bits per heavy atom. The minimum absolute atomic E-state index is 0.0457. The van der Waals surface area contributed by atoms with E-state index in [1.807, 2.05) is 0 Å². The predicted octanol–water partition coefficient (Wildman–Crippen LogP) is 1.54. The lowest BCUT2D eigenvalue weighted by Crippen LogP contribution is -2.36. The van der Waals surface area contributed by atoms with Crippen molar-refractivity contribution in [2.75, 3.05) is 26.3 Å². The Balaban J connectivity index is 3.49. The van der Waals surface area contributed by atoms with Gasteiger partial charge in [0.25, 0.3) is 0 Å². The zero-order valence-corrected chi connectivity index (χ0v) is 11.5. The Kier molecular flexibility index (Phi) is 10.2. The van der Waals surface area contributed by atoms with E-state index in [2.05, 4.69) is 26.1 Å². The minimum Gasteiger partial charge on any atom is -0.380 e. The summed E-state index contributed by atoms with van der Waals surface area (Å²) >= 11 is 0. The van der Waals surface area contributed by atoms with Gasteiger partial charge in [0.05, 0.1) is 12.5 Å². The van der Waals surface area contributed by atoms with Gasteiger partial charge in [0, 0.05) is 19.7 Å². The third-order valence-corrected chi connectivity index (χ3v) is 2.68. The Morgan fingerprint density at radius 3 is 2.53 bits per heavy atom. The number of rotatable bonds is 10. The summed E-state index contributed by atoms with van der Waals surface area (Å²) in [4.78, 5) is 11.7. The number of hydrogen-bond donors (Lipinski definition) is 2. The fraction of sp³-hybridized carbons (Fsp3) is 0.923. The van der Waals surface area contributed by atoms with E-state index in [0.717, 1.165) is 25.9 Å². The number of carbonyl (C=O) groups is 1. The van der Waals surface area contributed by atoms with E-state index in [4.69, 9.17) is 10.5 Å². The Morgan fingerprint density at radius 2 is 2.00 bits per heavy atom. The number of amides is 1. The molecule has 0 aliphatic heterocycles. The Bertz CT molecular complexity index is 196. The maximum atomic E-state index is 11.7. The van der Waals surface area contributed by atoms with Gasteiger partial charge in [-0.25, -0.2) is 0 Å². The summed E-state index contributed by atoms with van der Waals surface area (Å²) in [6, 6.07) is 0. The van der Waals surface area contributed by atoms with Crippen molar-refractivity contribution in [2.45, 2.75) is 40.0 Å². The van der Waals surface area contributed by atoms with Crippen LogP contribution >= 0.6 is 0 Å². The summed E-state index contributed by atoms with van der Waals surface area (Å²) in [6.07, 6.45) is 2.91. The molecule has 0 aliphatic carbocycles. The van der Waals surface area contributed by atoms with Crippen LogP contribution < -0.4 is 11.1 Å². The topological polar surface area (TPSA) is 64.4 Å². The van der Waals surface area contributed by atoms with Crippen LogP contribution in [0.2, 0.25) is 0 Å². The van der Waals surface area contributed by atoms with Crippen molar-refractivity contribution >= 4 is 5.91 Å². The molecule has 0 aliphatic rings. The number of nitrogens with one attached hydrogen (secondary N) is 1. The molecule has 1 amide bonds. The number of carbonyl (C=O) groups excluding carboxylic acids is 1. The molecule has 3 N–H and O–H groups in total. The zero-order chi connectivity index (χ0) is 13.1. The molecular formula is C13H28N2O2. The molecule has 0 spiro atoms. The molecule has 0 bridgehead atoms. The maximum absolute atomic E-state index is 11.7. The lowest BCUT2D eigenvalue weighted by molar-refractivity contribution is -0.125. The number of ether oxygens (including phenoxy) is 1. The van der Waals surface area contributed by atoms with Gasteiger partial charge in [-0.05, 0) is 18.8 Å². The average Bonchev–Trinajstić information content (AvgIpc) is 2.29. The first kappa shape index (κ1) is 16.4. The van der Waals surface area contributed by atoms with Gasteiger partial charge in [0.1, 0.15) is 0 Å². The molecule has 0 aromatic heterocycles. The van der Waals surface area contributed by atoms with Crippen LogP contribution in [0.1, 0.15) is 40.0 Å². The Hall–Kier alpha value is -0.610. The van der Waals surface area contributed by atoms with Gasteiger partial charge in [-0.15, -0.1) is 0 Å². The second-order valence-electron chi connectivity index (χ2n) is 4.81. The van der Waals surface area contributed by atoms with Gasteiger partial charge in [-0.1, -0.05) is 27.2 Å². The molecule has 0 saturated heterocycles. The summed E-state index contributed by atoms with van der Waals surface area (Å²) in [5.41, 5.74) is 5.55. The molecule has 0 heterocycles. The third-order valence-electron chi connectivity index (χ3n) is 2.68. The van der Waals surface area contributed by atoms with Crippen LogP contribution in [-0.4, -0.2) is 32.2 Å². The first-order chi connectivity index (χ1) is 8.11. The highest BCUT2D eigenvalue weighted by Gasteiger charge is 2.14. The molecule has 0 aromatic carbocycles. The van der Waals surface area contributed by atoms with E-state index >= 15 is 0 Å². The van der Waals surface area contributed by atoms with Gasteiger partial charge in [0.2, 0.25) is 5.91 Å². The standard InChI is InChI=1S/C13H28N2O2/c1-4-5-12(10-14)13(16)15-7-9-17-8-6-11(2)3/h11-12H,4-10,14H2,1-3H3,(H,15,16). The van der Waals surface area contributed by atoms with Crippen LogP contribution in [0.4, 0.5) is 0 Å². The second kappa shape index (κ2) is 10.5. The van der Waals surface area contributed by atoms with E-state index in [9.17, 15) is 4.79 Å². The number of nitrogens with two attached hydrogens (primary N) is 1. The van der Waals surface area contributed by atoms with E-state index < -0.39 is 0 Å². The van der Waals surface area contributed by atoms with Gasteiger partial charge in [-0.2, -0.15) is 0 Å². The first-order valence-corrected chi connectivity index (χ1v) is 6.67. The lowest BCUT2D eigenvalue weighted by Gasteiger charge is -2.14. The summed E-state index contributed by atoms with van der Waals surface area (Å²) in [5, 5.41) is 2.86. The molecule has 4 nitrogen and oxygen atoms in total. The SMILES string of the molecule is CCCC(CN)C(=O)NCCOCCC(C)C. The Labute approximate surface area is 105 Å². The quantitative estimate of drug-likeness (QED) is 0.573. The fourth-order valence-corrected chi connectivity index (χ4v) is 1.52. The van der Waals surface area contributed by atoms with Crippen molar-refractivity contribution in [1.29, 1.82) is 0 Å². The van der Waals surface area contributed by atoms with Crippen molar-refractivity contribution in [3.8, 4) is 0 Å². The van der Waals surface area contributed by atoms with Crippen molar-refractivity contribution in [3.05, 3.63) is 0 Å². The summed E-state index contributed by atoms with van der Waals surface area (Å²) in [6.45, 7) is 8.75. The summed E-state index contributed by atoms with van der Waals surface area (Å²) in [5.74, 6) is 0.674. The lowest BCUT2D eigenvalue weighted by atomic mass is 10.0. The molecule has 0 radical (unpaired) electrons. The molecule has 0 saturated carbocycles. The highest BCUT2D eigenvalue weighted by molar-refractivity contribution is 5.78. The van der Waals surface area contributed by atoms with Crippen LogP contribution in [0.5, 0.6) is 0 Å². The highest BCUT2D eigenvalue weighted by Crippen LogP contribution is 2.04. The normalized spacial score (nSPS) is 12.8. The molecule has 17 heavy (non-hydrogen) atoms. The van der Waals surface area contributed by atoms with Crippen LogP contribution in [0, 0.1) is 11.8 Å². The molecular weight excluding hydrogens is 216 g/mol. The van der Waals surface area contributed by atoms with Crippen molar-refractivity contribution in [3.63, 3.8) is 0 Å². The van der Waals surface area contributed by atoms with Gasteiger partial charge in [-0.3, -0.25) is 4.79 Å². The number of hydrogen-bond acceptors (Lipinski definition) is 3. The van der Waals surface area contributed by atoms with Crippen LogP contribution in [0.3, 0.4) is 0 Å². The van der Waals surface area contributed by atoms with Crippen molar-refractivity contribution in [1.82, 2.24) is 5.32 Å². The molecule has 0 rings (SSSR count). The van der Waals surface area contributed by atoms with E-state index in [1.54, 1.807) is 0 Å². The molecule has 1 atom stereocenters. The fourth-order valence-electron chi connectivity index (χ4n) is 1.52. The van der Waals surface area contributed by atoms with Crippen molar-refractivity contribution in [2.24, 2.45) is 17.6 Å². The minimum atomic E-state index is -0.0457. The second-order valence-corrected chi connectivity index (χ2v) is 4.81. The third kappa shape index (κ3) is 9.12. The zero-order valence-electron chi connectivity index (χ0n) is 11.5. The van der Waals surface area contributed by atoms with Crippen molar-refractivity contribution < 1.29 is 9.53 Å². The smallest absolute Gasteiger partial charge is 0.224 e. The highest BCUT2D eigenvalue weighted by atomic mass is 16.5. The predicted molar refractivity (Wildman–Crippen MR) is 70.7 cm³/mol. The van der Waals surface area contributed by atoms with Gasteiger partial charge >= 0.3 is 0 Å². The summed E-state index contributed by atoms with van der Waals surface area (Å²) in [7, 11) is 0. The average molecular weight is 244 g/mol. The molecule has 1 unspecified atom stereocenters. The van der Waals surface area contributed by atoms with E-state index in [1.165, 1.54) is 0 Å². The largest absolute Gasteiger partial charge is 0.380 e. The monoisotopic (exact) mass is 244 g/mol. The maximum Gasteiger partial charge on any atom is 0.224 e. The molecule has 102 valence electrons. The molecule has 0 fully saturated rings. The van der Waals surface area contributed by atoms with E-state index in [0.29, 0.717) is 25.6 Å².